The van der Waals surface area contributed by atoms with Crippen LogP contribution in [-0.4, -0.2) is 30.5 Å². The normalized spacial score (nSPS) is 19.3. The molecule has 1 aromatic carbocycles. The van der Waals surface area contributed by atoms with E-state index in [1.54, 1.807) is 12.1 Å². The fourth-order valence-corrected chi connectivity index (χ4v) is 2.81. The molecular weight excluding hydrogens is 404 g/mol. The second-order valence-electron chi connectivity index (χ2n) is 5.38. The van der Waals surface area contributed by atoms with Crippen molar-refractivity contribution >= 4 is 41.5 Å². The molecule has 2 rings (SSSR count). The van der Waals surface area contributed by atoms with E-state index in [0.717, 1.165) is 19.5 Å². The SMILES string of the molecule is CC1CCCN(C(N)=NCCc2c(F)cccc2Cl)C1.I. The molecule has 0 radical (unpaired) electrons. The van der Waals surface area contributed by atoms with E-state index in [-0.39, 0.29) is 29.8 Å². The number of aliphatic imine (C=N–C) groups is 1. The van der Waals surface area contributed by atoms with E-state index >= 15 is 0 Å². The smallest absolute Gasteiger partial charge is 0.191 e. The lowest BCUT2D eigenvalue weighted by Crippen LogP contribution is -2.43. The summed E-state index contributed by atoms with van der Waals surface area (Å²) >= 11 is 5.98. The summed E-state index contributed by atoms with van der Waals surface area (Å²) in [4.78, 5) is 6.46. The van der Waals surface area contributed by atoms with Crippen LogP contribution < -0.4 is 5.73 Å². The summed E-state index contributed by atoms with van der Waals surface area (Å²) in [6.45, 7) is 4.59. The van der Waals surface area contributed by atoms with Gasteiger partial charge in [-0.25, -0.2) is 4.39 Å². The van der Waals surface area contributed by atoms with Crippen molar-refractivity contribution in [2.45, 2.75) is 26.2 Å². The Bertz CT molecular complexity index is 476. The quantitative estimate of drug-likeness (QED) is 0.456. The molecule has 1 unspecified atom stereocenters. The van der Waals surface area contributed by atoms with Gasteiger partial charge in [-0.2, -0.15) is 0 Å². The molecule has 0 amide bonds. The van der Waals surface area contributed by atoms with Gasteiger partial charge in [-0.3, -0.25) is 4.99 Å². The second kappa shape index (κ2) is 8.78. The first-order chi connectivity index (χ1) is 9.58. The molecule has 0 saturated carbocycles. The summed E-state index contributed by atoms with van der Waals surface area (Å²) in [5.74, 6) is 0.931. The number of piperidine rings is 1. The summed E-state index contributed by atoms with van der Waals surface area (Å²) in [6.07, 6.45) is 2.86. The number of benzene rings is 1. The third-order valence-electron chi connectivity index (χ3n) is 3.68. The molecular formula is C15H22ClFIN3. The van der Waals surface area contributed by atoms with Gasteiger partial charge in [0.1, 0.15) is 5.82 Å². The first-order valence-corrected chi connectivity index (χ1v) is 7.43. The van der Waals surface area contributed by atoms with Gasteiger partial charge in [-0.05, 0) is 37.3 Å². The van der Waals surface area contributed by atoms with Crippen LogP contribution in [0, 0.1) is 11.7 Å². The maximum Gasteiger partial charge on any atom is 0.191 e. The average molecular weight is 426 g/mol. The van der Waals surface area contributed by atoms with Gasteiger partial charge in [0.15, 0.2) is 5.96 Å². The summed E-state index contributed by atoms with van der Waals surface area (Å²) in [5.41, 5.74) is 6.51. The number of likely N-dealkylation sites (tertiary alicyclic amines) is 1. The molecule has 1 fully saturated rings. The number of hydrogen-bond donors (Lipinski definition) is 1. The van der Waals surface area contributed by atoms with Gasteiger partial charge in [0, 0.05) is 30.2 Å². The summed E-state index contributed by atoms with van der Waals surface area (Å²) in [5, 5.41) is 0.449. The zero-order chi connectivity index (χ0) is 14.5. The Kier molecular flexibility index (Phi) is 7.73. The van der Waals surface area contributed by atoms with Crippen LogP contribution >= 0.6 is 35.6 Å². The molecule has 1 heterocycles. The Morgan fingerprint density at radius 1 is 1.52 bits per heavy atom. The third kappa shape index (κ3) is 5.29. The minimum atomic E-state index is -0.280. The summed E-state index contributed by atoms with van der Waals surface area (Å²) < 4.78 is 13.6. The molecule has 1 aromatic rings. The van der Waals surface area contributed by atoms with Crippen molar-refractivity contribution in [2.24, 2.45) is 16.6 Å². The maximum atomic E-state index is 13.6. The molecule has 1 aliphatic rings. The highest BCUT2D eigenvalue weighted by atomic mass is 127. The number of guanidine groups is 1. The van der Waals surface area contributed by atoms with Crippen molar-refractivity contribution in [1.82, 2.24) is 4.90 Å². The Hall–Kier alpha value is -0.560. The van der Waals surface area contributed by atoms with E-state index in [9.17, 15) is 4.39 Å². The molecule has 1 saturated heterocycles. The molecule has 1 aliphatic heterocycles. The van der Waals surface area contributed by atoms with Crippen molar-refractivity contribution < 1.29 is 4.39 Å². The van der Waals surface area contributed by atoms with Crippen LogP contribution in [0.3, 0.4) is 0 Å². The molecule has 6 heteroatoms. The van der Waals surface area contributed by atoms with Crippen molar-refractivity contribution in [3.63, 3.8) is 0 Å². The van der Waals surface area contributed by atoms with Crippen LogP contribution in [0.25, 0.3) is 0 Å². The van der Waals surface area contributed by atoms with E-state index in [0.29, 0.717) is 35.4 Å². The van der Waals surface area contributed by atoms with Crippen LogP contribution in [0.1, 0.15) is 25.3 Å². The fourth-order valence-electron chi connectivity index (χ4n) is 2.55. The van der Waals surface area contributed by atoms with Crippen LogP contribution in [-0.2, 0) is 6.42 Å². The van der Waals surface area contributed by atoms with Crippen molar-refractivity contribution in [2.75, 3.05) is 19.6 Å². The number of hydrogen-bond acceptors (Lipinski definition) is 1. The molecule has 118 valence electrons. The first-order valence-electron chi connectivity index (χ1n) is 7.05. The number of nitrogens with zero attached hydrogens (tertiary/aromatic N) is 2. The Morgan fingerprint density at radius 2 is 2.29 bits per heavy atom. The number of rotatable bonds is 3. The van der Waals surface area contributed by atoms with Gasteiger partial charge in [-0.15, -0.1) is 24.0 Å². The lowest BCUT2D eigenvalue weighted by Gasteiger charge is -2.31. The summed E-state index contributed by atoms with van der Waals surface area (Å²) in [7, 11) is 0. The number of nitrogens with two attached hydrogens (primary N) is 1. The predicted molar refractivity (Wildman–Crippen MR) is 97.0 cm³/mol. The number of halogens is 3. The highest BCUT2D eigenvalue weighted by molar-refractivity contribution is 14.0. The predicted octanol–water partition coefficient (Wildman–Crippen LogP) is 3.69. The molecule has 1 atom stereocenters. The van der Waals surface area contributed by atoms with Crippen LogP contribution in [0.5, 0.6) is 0 Å². The third-order valence-corrected chi connectivity index (χ3v) is 4.03. The highest BCUT2D eigenvalue weighted by Crippen LogP contribution is 2.19. The zero-order valence-corrected chi connectivity index (χ0v) is 15.3. The van der Waals surface area contributed by atoms with Crippen LogP contribution in [0.15, 0.2) is 23.2 Å². The lowest BCUT2D eigenvalue weighted by molar-refractivity contribution is 0.270. The second-order valence-corrected chi connectivity index (χ2v) is 5.79. The summed E-state index contributed by atoms with van der Waals surface area (Å²) in [6, 6.07) is 4.72. The minimum absolute atomic E-state index is 0. The van der Waals surface area contributed by atoms with Crippen molar-refractivity contribution in [3.05, 3.63) is 34.6 Å². The molecule has 0 aliphatic carbocycles. The Morgan fingerprint density at radius 3 is 2.95 bits per heavy atom. The van der Waals surface area contributed by atoms with Gasteiger partial charge in [0.25, 0.3) is 0 Å². The topological polar surface area (TPSA) is 41.6 Å². The monoisotopic (exact) mass is 425 g/mol. The fraction of sp³-hybridized carbons (Fsp3) is 0.533. The van der Waals surface area contributed by atoms with Gasteiger partial charge in [-0.1, -0.05) is 24.6 Å². The molecule has 0 spiro atoms. The van der Waals surface area contributed by atoms with Gasteiger partial charge in [0.05, 0.1) is 0 Å². The molecule has 21 heavy (non-hydrogen) atoms. The minimum Gasteiger partial charge on any atom is -0.370 e. The Balaban J connectivity index is 0.00000220. The van der Waals surface area contributed by atoms with Crippen LogP contribution in [0.2, 0.25) is 5.02 Å². The van der Waals surface area contributed by atoms with E-state index in [4.69, 9.17) is 17.3 Å². The van der Waals surface area contributed by atoms with Gasteiger partial charge >= 0.3 is 0 Å². The molecule has 0 aromatic heterocycles. The first kappa shape index (κ1) is 18.5. The molecule has 3 nitrogen and oxygen atoms in total. The van der Waals surface area contributed by atoms with Gasteiger partial charge < -0.3 is 10.6 Å². The Labute approximate surface area is 147 Å². The van der Waals surface area contributed by atoms with Crippen LogP contribution in [0.4, 0.5) is 4.39 Å². The largest absolute Gasteiger partial charge is 0.370 e. The van der Waals surface area contributed by atoms with Crippen molar-refractivity contribution in [3.8, 4) is 0 Å². The molecule has 0 bridgehead atoms. The van der Waals surface area contributed by atoms with Gasteiger partial charge in [0.2, 0.25) is 0 Å². The standard InChI is InChI=1S/C15H21ClFN3.HI/c1-11-4-3-9-20(10-11)15(18)19-8-7-12-13(16)5-2-6-14(12)17;/h2,5-6,11H,3-4,7-10H2,1H3,(H2,18,19);1H. The molecule has 2 N–H and O–H groups in total. The highest BCUT2D eigenvalue weighted by Gasteiger charge is 2.17. The van der Waals surface area contributed by atoms with E-state index < -0.39 is 0 Å². The lowest BCUT2D eigenvalue weighted by atomic mass is 10.0. The van der Waals surface area contributed by atoms with Crippen molar-refractivity contribution in [1.29, 1.82) is 0 Å². The van der Waals surface area contributed by atoms with E-state index in [1.165, 1.54) is 12.5 Å². The zero-order valence-electron chi connectivity index (χ0n) is 12.2. The maximum absolute atomic E-state index is 13.6. The average Bonchev–Trinajstić information content (AvgIpc) is 2.42. The van der Waals surface area contributed by atoms with E-state index in [1.807, 2.05) is 0 Å². The van der Waals surface area contributed by atoms with E-state index in [2.05, 4.69) is 16.8 Å².